The van der Waals surface area contributed by atoms with Crippen LogP contribution in [-0.4, -0.2) is 35.6 Å². The molecule has 2 unspecified atom stereocenters. The van der Waals surface area contributed by atoms with E-state index in [0.29, 0.717) is 6.04 Å². The van der Waals surface area contributed by atoms with Crippen LogP contribution in [0.3, 0.4) is 0 Å². The van der Waals surface area contributed by atoms with E-state index in [0.717, 1.165) is 33.6 Å². The van der Waals surface area contributed by atoms with Gasteiger partial charge < -0.3 is 4.74 Å². The summed E-state index contributed by atoms with van der Waals surface area (Å²) in [7, 11) is 0. The van der Waals surface area contributed by atoms with Crippen molar-refractivity contribution in [2.45, 2.75) is 19.9 Å². The number of pyridine rings is 1. The summed E-state index contributed by atoms with van der Waals surface area (Å²) in [6.07, 6.45) is 1.82. The molecule has 1 fully saturated rings. The molecule has 1 aromatic heterocycles. The molecular formula is C16H19BrN2O. The summed E-state index contributed by atoms with van der Waals surface area (Å²) in [5.41, 5.74) is 0.994. The Labute approximate surface area is 128 Å². The minimum Gasteiger partial charge on any atom is -0.492 e. The number of halogens is 1. The SMILES string of the molecule is CC(C)CN1CC1COc1ccc2ncc(Br)cc2c1. The van der Waals surface area contributed by atoms with Gasteiger partial charge in [-0.3, -0.25) is 9.88 Å². The lowest BCUT2D eigenvalue weighted by atomic mass is 10.2. The second-order valence-electron chi connectivity index (χ2n) is 5.82. The number of fused-ring (bicyclic) bond motifs is 1. The van der Waals surface area contributed by atoms with Crippen molar-refractivity contribution in [3.63, 3.8) is 0 Å². The Morgan fingerprint density at radius 2 is 2.25 bits per heavy atom. The van der Waals surface area contributed by atoms with Crippen LogP contribution in [0.15, 0.2) is 34.9 Å². The summed E-state index contributed by atoms with van der Waals surface area (Å²) in [5, 5.41) is 1.10. The topological polar surface area (TPSA) is 25.1 Å². The van der Waals surface area contributed by atoms with E-state index in [1.165, 1.54) is 13.1 Å². The Hall–Kier alpha value is -1.13. The molecule has 1 aliphatic heterocycles. The van der Waals surface area contributed by atoms with Gasteiger partial charge in [-0.2, -0.15) is 0 Å². The van der Waals surface area contributed by atoms with Crippen molar-refractivity contribution < 1.29 is 4.74 Å². The molecule has 0 N–H and O–H groups in total. The van der Waals surface area contributed by atoms with E-state index in [1.54, 1.807) is 0 Å². The van der Waals surface area contributed by atoms with Crippen molar-refractivity contribution in [2.24, 2.45) is 5.92 Å². The lowest BCUT2D eigenvalue weighted by Gasteiger charge is -2.09. The third-order valence-electron chi connectivity index (χ3n) is 3.49. The fourth-order valence-corrected chi connectivity index (χ4v) is 2.79. The zero-order chi connectivity index (χ0) is 14.1. The van der Waals surface area contributed by atoms with E-state index >= 15 is 0 Å². The van der Waals surface area contributed by atoms with Gasteiger partial charge in [-0.15, -0.1) is 0 Å². The Morgan fingerprint density at radius 1 is 1.40 bits per heavy atom. The Bertz CT molecular complexity index is 614. The molecule has 0 radical (unpaired) electrons. The molecule has 1 aromatic carbocycles. The number of ether oxygens (including phenoxy) is 1. The summed E-state index contributed by atoms with van der Waals surface area (Å²) < 4.78 is 6.90. The summed E-state index contributed by atoms with van der Waals surface area (Å²) in [6, 6.07) is 8.72. The number of nitrogens with zero attached hydrogens (tertiary/aromatic N) is 2. The minimum atomic E-state index is 0.591. The monoisotopic (exact) mass is 334 g/mol. The van der Waals surface area contributed by atoms with Gasteiger partial charge in [0.05, 0.1) is 11.6 Å². The van der Waals surface area contributed by atoms with Gasteiger partial charge in [0.2, 0.25) is 0 Å². The van der Waals surface area contributed by atoms with Crippen molar-refractivity contribution in [3.05, 3.63) is 34.9 Å². The lowest BCUT2D eigenvalue weighted by molar-refractivity contribution is 0.288. The number of hydrogen-bond acceptors (Lipinski definition) is 3. The smallest absolute Gasteiger partial charge is 0.120 e. The summed E-state index contributed by atoms with van der Waals surface area (Å²) in [6.45, 7) is 7.62. The zero-order valence-electron chi connectivity index (χ0n) is 11.8. The molecule has 1 aliphatic rings. The van der Waals surface area contributed by atoms with E-state index in [2.05, 4.69) is 51.8 Å². The van der Waals surface area contributed by atoms with Crippen molar-refractivity contribution in [2.75, 3.05) is 19.7 Å². The van der Waals surface area contributed by atoms with E-state index in [9.17, 15) is 0 Å². The molecular weight excluding hydrogens is 316 g/mol. The highest BCUT2D eigenvalue weighted by molar-refractivity contribution is 9.10. The van der Waals surface area contributed by atoms with Crippen LogP contribution in [0.1, 0.15) is 13.8 Å². The van der Waals surface area contributed by atoms with Gasteiger partial charge in [-0.05, 0) is 46.1 Å². The highest BCUT2D eigenvalue weighted by Crippen LogP contribution is 2.24. The predicted molar refractivity (Wildman–Crippen MR) is 85.1 cm³/mol. The summed E-state index contributed by atoms with van der Waals surface area (Å²) in [4.78, 5) is 6.83. The normalized spacial score (nSPS) is 21.4. The largest absolute Gasteiger partial charge is 0.492 e. The van der Waals surface area contributed by atoms with E-state index < -0.39 is 0 Å². The van der Waals surface area contributed by atoms with Gasteiger partial charge >= 0.3 is 0 Å². The van der Waals surface area contributed by atoms with Gasteiger partial charge in [0.25, 0.3) is 0 Å². The van der Waals surface area contributed by atoms with Crippen LogP contribution in [0.2, 0.25) is 0 Å². The van der Waals surface area contributed by atoms with Gasteiger partial charge in [-0.25, -0.2) is 0 Å². The van der Waals surface area contributed by atoms with Crippen LogP contribution >= 0.6 is 15.9 Å². The average Bonchev–Trinajstić information content (AvgIpc) is 3.13. The van der Waals surface area contributed by atoms with Crippen LogP contribution in [0, 0.1) is 5.92 Å². The zero-order valence-corrected chi connectivity index (χ0v) is 13.4. The molecule has 2 atom stereocenters. The molecule has 0 aliphatic carbocycles. The standard InChI is InChI=1S/C16H19BrN2O/c1-11(2)8-19-9-14(19)10-20-15-3-4-16-12(6-15)5-13(17)7-18-16/h3-7,11,14H,8-10H2,1-2H3. The molecule has 3 nitrogen and oxygen atoms in total. The van der Waals surface area contributed by atoms with Crippen molar-refractivity contribution in [3.8, 4) is 5.75 Å². The van der Waals surface area contributed by atoms with Crippen LogP contribution in [0.4, 0.5) is 0 Å². The van der Waals surface area contributed by atoms with Crippen molar-refractivity contribution in [1.82, 2.24) is 9.88 Å². The first-order valence-corrected chi connectivity index (χ1v) is 7.83. The maximum atomic E-state index is 5.90. The van der Waals surface area contributed by atoms with Gasteiger partial charge in [0.15, 0.2) is 0 Å². The van der Waals surface area contributed by atoms with Crippen molar-refractivity contribution >= 4 is 26.8 Å². The van der Waals surface area contributed by atoms with Crippen molar-refractivity contribution in [1.29, 1.82) is 0 Å². The molecule has 3 rings (SSSR count). The Kier molecular flexibility index (Phi) is 3.94. The Balaban J connectivity index is 1.61. The maximum Gasteiger partial charge on any atom is 0.120 e. The van der Waals surface area contributed by atoms with Gasteiger partial charge in [0.1, 0.15) is 12.4 Å². The molecule has 1 saturated heterocycles. The molecule has 20 heavy (non-hydrogen) atoms. The second kappa shape index (κ2) is 5.70. The first-order chi connectivity index (χ1) is 9.61. The molecule has 0 saturated carbocycles. The van der Waals surface area contributed by atoms with Crippen LogP contribution in [0.5, 0.6) is 5.75 Å². The average molecular weight is 335 g/mol. The number of hydrogen-bond donors (Lipinski definition) is 0. The predicted octanol–water partition coefficient (Wildman–Crippen LogP) is 3.72. The second-order valence-corrected chi connectivity index (χ2v) is 6.74. The fraction of sp³-hybridized carbons (Fsp3) is 0.438. The Morgan fingerprint density at radius 3 is 3.05 bits per heavy atom. The van der Waals surface area contributed by atoms with E-state index in [-0.39, 0.29) is 0 Å². The molecule has 106 valence electrons. The quantitative estimate of drug-likeness (QED) is 0.779. The summed E-state index contributed by atoms with van der Waals surface area (Å²) in [5.74, 6) is 1.65. The van der Waals surface area contributed by atoms with E-state index in [1.807, 2.05) is 18.3 Å². The summed E-state index contributed by atoms with van der Waals surface area (Å²) >= 11 is 3.45. The third-order valence-corrected chi connectivity index (χ3v) is 3.92. The minimum absolute atomic E-state index is 0.591. The highest BCUT2D eigenvalue weighted by atomic mass is 79.9. The molecule has 0 spiro atoms. The number of benzene rings is 1. The molecule has 0 amide bonds. The number of rotatable bonds is 5. The van der Waals surface area contributed by atoms with Crippen LogP contribution < -0.4 is 4.74 Å². The first-order valence-electron chi connectivity index (χ1n) is 7.04. The van der Waals surface area contributed by atoms with Gasteiger partial charge in [0, 0.05) is 29.1 Å². The first kappa shape index (κ1) is 13.8. The molecule has 2 heterocycles. The van der Waals surface area contributed by atoms with Gasteiger partial charge in [-0.1, -0.05) is 13.8 Å². The molecule has 2 aromatic rings. The van der Waals surface area contributed by atoms with Crippen LogP contribution in [0.25, 0.3) is 10.9 Å². The fourth-order valence-electron chi connectivity index (χ4n) is 2.44. The van der Waals surface area contributed by atoms with E-state index in [4.69, 9.17) is 4.74 Å². The third kappa shape index (κ3) is 3.30. The lowest BCUT2D eigenvalue weighted by Crippen LogP contribution is -2.14. The molecule has 4 heteroatoms. The maximum absolute atomic E-state index is 5.90. The molecule has 0 bridgehead atoms. The van der Waals surface area contributed by atoms with Crippen LogP contribution in [-0.2, 0) is 0 Å². The number of aromatic nitrogens is 1. The highest BCUT2D eigenvalue weighted by Gasteiger charge is 2.34.